The molecule has 0 N–H and O–H groups in total. The Morgan fingerprint density at radius 3 is 2.50 bits per heavy atom. The van der Waals surface area contributed by atoms with Gasteiger partial charge in [0.1, 0.15) is 0 Å². The van der Waals surface area contributed by atoms with E-state index in [1.165, 1.54) is 36.2 Å². The molecule has 0 spiro atoms. The van der Waals surface area contributed by atoms with Crippen molar-refractivity contribution in [1.82, 2.24) is 9.78 Å². The van der Waals surface area contributed by atoms with Crippen molar-refractivity contribution in [2.75, 3.05) is 0 Å². The van der Waals surface area contributed by atoms with E-state index < -0.39 is 0 Å². The first-order valence-corrected chi connectivity index (χ1v) is 4.80. The zero-order valence-corrected chi connectivity index (χ0v) is 8.52. The fourth-order valence-electron chi connectivity index (χ4n) is 1.68. The van der Waals surface area contributed by atoms with E-state index in [0.717, 1.165) is 0 Å². The predicted molar refractivity (Wildman–Crippen MR) is 51.3 cm³/mol. The van der Waals surface area contributed by atoms with Gasteiger partial charge in [-0.1, -0.05) is 13.8 Å². The molecule has 0 atom stereocenters. The minimum absolute atomic E-state index is 1.19. The van der Waals surface area contributed by atoms with Crippen LogP contribution in [0, 0.1) is 6.92 Å². The third-order valence-electron chi connectivity index (χ3n) is 2.38. The van der Waals surface area contributed by atoms with Crippen LogP contribution in [0.2, 0.25) is 0 Å². The largest absolute Gasteiger partial charge is 0.272 e. The average molecular weight is 166 g/mol. The molecule has 1 aliphatic carbocycles. The number of hydrogen-bond donors (Lipinski definition) is 0. The van der Waals surface area contributed by atoms with Gasteiger partial charge >= 0.3 is 0 Å². The SMILES string of the molecule is CC.Cc1c2c(nn1C)CCC2. The molecule has 1 aromatic rings. The molecule has 1 heterocycles. The van der Waals surface area contributed by atoms with Crippen LogP contribution in [0.15, 0.2) is 0 Å². The Kier molecular flexibility index (Phi) is 2.90. The maximum absolute atomic E-state index is 4.41. The highest BCUT2D eigenvalue weighted by Crippen LogP contribution is 2.22. The molecule has 2 rings (SSSR count). The summed E-state index contributed by atoms with van der Waals surface area (Å²) in [5, 5.41) is 4.41. The van der Waals surface area contributed by atoms with E-state index in [9.17, 15) is 0 Å². The fraction of sp³-hybridized carbons (Fsp3) is 0.700. The lowest BCUT2D eigenvalue weighted by molar-refractivity contribution is 0.704. The molecule has 0 aliphatic heterocycles. The van der Waals surface area contributed by atoms with E-state index >= 15 is 0 Å². The molecule has 2 heteroatoms. The number of hydrogen-bond acceptors (Lipinski definition) is 1. The Morgan fingerprint density at radius 2 is 1.92 bits per heavy atom. The van der Waals surface area contributed by atoms with Gasteiger partial charge in [-0.3, -0.25) is 4.68 Å². The molecular formula is C10H18N2. The quantitative estimate of drug-likeness (QED) is 0.578. The first-order valence-electron chi connectivity index (χ1n) is 4.80. The number of nitrogens with zero attached hydrogens (tertiary/aromatic N) is 2. The Bertz CT molecular complexity index is 261. The molecule has 0 saturated carbocycles. The molecule has 0 aromatic carbocycles. The molecule has 1 aliphatic rings. The van der Waals surface area contributed by atoms with Crippen molar-refractivity contribution in [3.63, 3.8) is 0 Å². The molecule has 68 valence electrons. The smallest absolute Gasteiger partial charge is 0.0659 e. The summed E-state index contributed by atoms with van der Waals surface area (Å²) in [4.78, 5) is 0. The van der Waals surface area contributed by atoms with Gasteiger partial charge in [-0.05, 0) is 31.7 Å². The van der Waals surface area contributed by atoms with E-state index in [4.69, 9.17) is 0 Å². The van der Waals surface area contributed by atoms with Crippen molar-refractivity contribution in [1.29, 1.82) is 0 Å². The van der Waals surface area contributed by atoms with Crippen LogP contribution in [0.4, 0.5) is 0 Å². The predicted octanol–water partition coefficient (Wildman–Crippen LogP) is 2.24. The first kappa shape index (κ1) is 9.30. The Balaban J connectivity index is 0.000000336. The van der Waals surface area contributed by atoms with Gasteiger partial charge in [-0.15, -0.1) is 0 Å². The van der Waals surface area contributed by atoms with Crippen molar-refractivity contribution in [3.05, 3.63) is 17.0 Å². The second kappa shape index (κ2) is 3.74. The summed E-state index contributed by atoms with van der Waals surface area (Å²) in [6.07, 6.45) is 3.74. The molecule has 1 aromatic heterocycles. The molecule has 0 unspecified atom stereocenters. The molecule has 2 nitrogen and oxygen atoms in total. The van der Waals surface area contributed by atoms with Crippen LogP contribution in [0.1, 0.15) is 37.2 Å². The molecule has 0 amide bonds. The van der Waals surface area contributed by atoms with Gasteiger partial charge in [-0.2, -0.15) is 5.10 Å². The summed E-state index contributed by atoms with van der Waals surface area (Å²) >= 11 is 0. The highest BCUT2D eigenvalue weighted by molar-refractivity contribution is 5.29. The zero-order valence-electron chi connectivity index (χ0n) is 8.52. The fourth-order valence-corrected chi connectivity index (χ4v) is 1.68. The molecule has 0 bridgehead atoms. The standard InChI is InChI=1S/C8H12N2.C2H6/c1-6-7-4-3-5-8(7)9-10(6)2;1-2/h3-5H2,1-2H3;1-2H3. The van der Waals surface area contributed by atoms with Crippen LogP contribution in [-0.2, 0) is 19.9 Å². The van der Waals surface area contributed by atoms with Gasteiger partial charge in [0.15, 0.2) is 0 Å². The van der Waals surface area contributed by atoms with Gasteiger partial charge < -0.3 is 0 Å². The van der Waals surface area contributed by atoms with Gasteiger partial charge in [0.05, 0.1) is 5.69 Å². The molecular weight excluding hydrogens is 148 g/mol. The third kappa shape index (κ3) is 1.38. The first-order chi connectivity index (χ1) is 5.79. The van der Waals surface area contributed by atoms with Crippen molar-refractivity contribution < 1.29 is 0 Å². The molecule has 12 heavy (non-hydrogen) atoms. The van der Waals surface area contributed by atoms with Crippen LogP contribution in [0.3, 0.4) is 0 Å². The lowest BCUT2D eigenvalue weighted by atomic mass is 10.2. The Labute approximate surface area is 74.6 Å². The van der Waals surface area contributed by atoms with Crippen LogP contribution >= 0.6 is 0 Å². The zero-order chi connectivity index (χ0) is 9.14. The van der Waals surface area contributed by atoms with Crippen molar-refractivity contribution in [2.24, 2.45) is 7.05 Å². The summed E-state index contributed by atoms with van der Waals surface area (Å²) < 4.78 is 1.99. The lowest BCUT2D eigenvalue weighted by Gasteiger charge is -1.94. The maximum Gasteiger partial charge on any atom is 0.0659 e. The van der Waals surface area contributed by atoms with Crippen molar-refractivity contribution in [3.8, 4) is 0 Å². The van der Waals surface area contributed by atoms with E-state index in [0.29, 0.717) is 0 Å². The highest BCUT2D eigenvalue weighted by Gasteiger charge is 2.17. The average Bonchev–Trinajstić information content (AvgIpc) is 2.62. The summed E-state index contributed by atoms with van der Waals surface area (Å²) in [5.41, 5.74) is 4.19. The van der Waals surface area contributed by atoms with Gasteiger partial charge in [0.2, 0.25) is 0 Å². The number of fused-ring (bicyclic) bond motifs is 1. The highest BCUT2D eigenvalue weighted by atomic mass is 15.3. The van der Waals surface area contributed by atoms with Crippen LogP contribution in [0.5, 0.6) is 0 Å². The van der Waals surface area contributed by atoms with Gasteiger partial charge in [-0.25, -0.2) is 0 Å². The number of aryl methyl sites for hydroxylation is 2. The van der Waals surface area contributed by atoms with Gasteiger partial charge in [0.25, 0.3) is 0 Å². The minimum atomic E-state index is 1.19. The number of rotatable bonds is 0. The van der Waals surface area contributed by atoms with Gasteiger partial charge in [0, 0.05) is 12.7 Å². The second-order valence-corrected chi connectivity index (χ2v) is 2.99. The molecule has 0 saturated heterocycles. The topological polar surface area (TPSA) is 17.8 Å². The Morgan fingerprint density at radius 1 is 1.25 bits per heavy atom. The second-order valence-electron chi connectivity index (χ2n) is 2.99. The van der Waals surface area contributed by atoms with Crippen LogP contribution in [0.25, 0.3) is 0 Å². The van der Waals surface area contributed by atoms with E-state index in [2.05, 4.69) is 12.0 Å². The summed E-state index contributed by atoms with van der Waals surface area (Å²) in [5.74, 6) is 0. The summed E-state index contributed by atoms with van der Waals surface area (Å²) in [6, 6.07) is 0. The summed E-state index contributed by atoms with van der Waals surface area (Å²) in [6.45, 7) is 6.15. The Hall–Kier alpha value is -0.790. The van der Waals surface area contributed by atoms with Crippen molar-refractivity contribution >= 4 is 0 Å². The van der Waals surface area contributed by atoms with Crippen LogP contribution < -0.4 is 0 Å². The van der Waals surface area contributed by atoms with E-state index in [1.54, 1.807) is 0 Å². The number of aromatic nitrogens is 2. The van der Waals surface area contributed by atoms with Crippen LogP contribution in [-0.4, -0.2) is 9.78 Å². The third-order valence-corrected chi connectivity index (χ3v) is 2.38. The molecule has 0 fully saturated rings. The van der Waals surface area contributed by atoms with E-state index in [1.807, 2.05) is 25.6 Å². The summed E-state index contributed by atoms with van der Waals surface area (Å²) in [7, 11) is 2.02. The molecule has 0 radical (unpaired) electrons. The lowest BCUT2D eigenvalue weighted by Crippen LogP contribution is -1.95. The van der Waals surface area contributed by atoms with Crippen molar-refractivity contribution in [2.45, 2.75) is 40.0 Å². The van der Waals surface area contributed by atoms with E-state index in [-0.39, 0.29) is 0 Å². The normalized spacial score (nSPS) is 13.7. The monoisotopic (exact) mass is 166 g/mol. The minimum Gasteiger partial charge on any atom is -0.272 e. The maximum atomic E-state index is 4.41.